The largest absolute Gasteiger partial charge is 0.477 e. The van der Waals surface area contributed by atoms with Gasteiger partial charge < -0.3 is 5.11 Å². The summed E-state index contributed by atoms with van der Waals surface area (Å²) < 4.78 is 0. The average Bonchev–Trinajstić information content (AvgIpc) is 2.67. The van der Waals surface area contributed by atoms with Crippen molar-refractivity contribution in [3.05, 3.63) is 29.7 Å². The van der Waals surface area contributed by atoms with Gasteiger partial charge in [-0.05, 0) is 18.6 Å². The van der Waals surface area contributed by atoms with Gasteiger partial charge in [-0.25, -0.2) is 4.79 Å². The second-order valence-corrected chi connectivity index (χ2v) is 3.03. The zero-order valence-electron chi connectivity index (χ0n) is 7.93. The van der Waals surface area contributed by atoms with E-state index in [1.807, 2.05) is 6.92 Å². The number of hydrogen-bond donors (Lipinski definition) is 2. The fraction of sp³-hybridized carbons (Fsp3) is 0.111. The van der Waals surface area contributed by atoms with Crippen LogP contribution in [0, 0.1) is 6.92 Å². The highest BCUT2D eigenvalue weighted by atomic mass is 16.4. The minimum atomic E-state index is -1.06. The van der Waals surface area contributed by atoms with Gasteiger partial charge in [-0.2, -0.15) is 15.3 Å². The molecule has 2 aromatic rings. The quantitative estimate of drug-likeness (QED) is 0.757. The molecule has 2 N–H and O–H groups in total. The number of nitrogens with zero attached hydrogens (tertiary/aromatic N) is 3. The summed E-state index contributed by atoms with van der Waals surface area (Å²) >= 11 is 0. The lowest BCUT2D eigenvalue weighted by Crippen LogP contribution is -2.01. The fourth-order valence-corrected chi connectivity index (χ4v) is 1.29. The first-order chi connectivity index (χ1) is 7.20. The molecule has 6 nitrogen and oxygen atoms in total. The number of hydrogen-bond acceptors (Lipinski definition) is 4. The molecule has 0 aliphatic carbocycles. The van der Waals surface area contributed by atoms with E-state index in [1.165, 1.54) is 6.20 Å². The molecule has 15 heavy (non-hydrogen) atoms. The first-order valence-corrected chi connectivity index (χ1v) is 4.25. The topological polar surface area (TPSA) is 91.8 Å². The summed E-state index contributed by atoms with van der Waals surface area (Å²) in [5.74, 6) is -1.06. The van der Waals surface area contributed by atoms with Crippen molar-refractivity contribution in [3.8, 4) is 11.3 Å². The second kappa shape index (κ2) is 3.49. The third-order valence-corrected chi connectivity index (χ3v) is 2.03. The van der Waals surface area contributed by atoms with Crippen molar-refractivity contribution in [2.24, 2.45) is 0 Å². The van der Waals surface area contributed by atoms with E-state index in [4.69, 9.17) is 5.11 Å². The minimum absolute atomic E-state index is 0.0265. The number of aromatic nitrogens is 4. The summed E-state index contributed by atoms with van der Waals surface area (Å²) in [6.07, 6.45) is 2.99. The average molecular weight is 204 g/mol. The van der Waals surface area contributed by atoms with Gasteiger partial charge in [0.25, 0.3) is 0 Å². The van der Waals surface area contributed by atoms with Crippen LogP contribution in [0.15, 0.2) is 18.5 Å². The molecule has 0 bridgehead atoms. The van der Waals surface area contributed by atoms with Crippen molar-refractivity contribution < 1.29 is 9.90 Å². The molecule has 0 aromatic carbocycles. The number of H-pyrrole nitrogens is 1. The molecule has 0 unspecified atom stereocenters. The summed E-state index contributed by atoms with van der Waals surface area (Å²) in [5.41, 5.74) is 1.87. The van der Waals surface area contributed by atoms with Crippen LogP contribution in [0.1, 0.15) is 16.1 Å². The molecule has 0 saturated heterocycles. The van der Waals surface area contributed by atoms with Gasteiger partial charge in [0.2, 0.25) is 0 Å². The number of carbonyl (C=O) groups is 1. The molecule has 0 aliphatic rings. The van der Waals surface area contributed by atoms with Crippen molar-refractivity contribution in [1.29, 1.82) is 0 Å². The maximum absolute atomic E-state index is 10.8. The Morgan fingerprint density at radius 2 is 2.33 bits per heavy atom. The van der Waals surface area contributed by atoms with Crippen molar-refractivity contribution in [1.82, 2.24) is 20.4 Å². The molecule has 76 valence electrons. The summed E-state index contributed by atoms with van der Waals surface area (Å²) in [6.45, 7) is 1.84. The highest BCUT2D eigenvalue weighted by molar-refractivity contribution is 5.93. The first kappa shape index (κ1) is 9.32. The normalized spacial score (nSPS) is 10.2. The molecule has 2 aromatic heterocycles. The van der Waals surface area contributed by atoms with Gasteiger partial charge in [-0.15, -0.1) is 0 Å². The van der Waals surface area contributed by atoms with E-state index >= 15 is 0 Å². The Hall–Kier alpha value is -2.24. The highest BCUT2D eigenvalue weighted by Crippen LogP contribution is 2.21. The minimum Gasteiger partial charge on any atom is -0.477 e. The Morgan fingerprint density at radius 1 is 1.53 bits per heavy atom. The van der Waals surface area contributed by atoms with Crippen molar-refractivity contribution in [2.45, 2.75) is 6.92 Å². The lowest BCUT2D eigenvalue weighted by molar-refractivity contribution is 0.0691. The van der Waals surface area contributed by atoms with Crippen LogP contribution in [-0.4, -0.2) is 31.5 Å². The third-order valence-electron chi connectivity index (χ3n) is 2.03. The summed E-state index contributed by atoms with van der Waals surface area (Å²) in [5, 5.41) is 22.6. The van der Waals surface area contributed by atoms with Crippen LogP contribution in [0.5, 0.6) is 0 Å². The van der Waals surface area contributed by atoms with Crippen LogP contribution in [0.25, 0.3) is 11.3 Å². The maximum atomic E-state index is 10.8. The lowest BCUT2D eigenvalue weighted by Gasteiger charge is -2.00. The van der Waals surface area contributed by atoms with Crippen LogP contribution in [0.4, 0.5) is 0 Å². The van der Waals surface area contributed by atoms with Gasteiger partial charge in [0.05, 0.1) is 17.5 Å². The molecule has 0 radical (unpaired) electrons. The van der Waals surface area contributed by atoms with Crippen molar-refractivity contribution >= 4 is 5.97 Å². The van der Waals surface area contributed by atoms with Gasteiger partial charge in [-0.1, -0.05) is 0 Å². The number of carboxylic acids is 1. The Morgan fingerprint density at radius 3 is 3.00 bits per heavy atom. The maximum Gasteiger partial charge on any atom is 0.354 e. The van der Waals surface area contributed by atoms with Gasteiger partial charge in [-0.3, -0.25) is 5.10 Å². The molecule has 2 rings (SSSR count). The molecule has 0 amide bonds. The van der Waals surface area contributed by atoms with E-state index < -0.39 is 5.97 Å². The highest BCUT2D eigenvalue weighted by Gasteiger charge is 2.16. The number of carboxylic acid groups (broad SMARTS) is 1. The van der Waals surface area contributed by atoms with Gasteiger partial charge in [0.15, 0.2) is 5.69 Å². The zero-order valence-corrected chi connectivity index (χ0v) is 7.93. The smallest absolute Gasteiger partial charge is 0.354 e. The van der Waals surface area contributed by atoms with Gasteiger partial charge in [0, 0.05) is 6.20 Å². The molecule has 0 fully saturated rings. The summed E-state index contributed by atoms with van der Waals surface area (Å²) in [6, 6.07) is 1.76. The number of rotatable bonds is 2. The van der Waals surface area contributed by atoms with Gasteiger partial charge >= 0.3 is 5.97 Å². The Kier molecular flexibility index (Phi) is 2.17. The molecular formula is C9H8N4O2. The predicted molar refractivity (Wildman–Crippen MR) is 51.3 cm³/mol. The van der Waals surface area contributed by atoms with Crippen LogP contribution < -0.4 is 0 Å². The van der Waals surface area contributed by atoms with Crippen LogP contribution in [0.3, 0.4) is 0 Å². The van der Waals surface area contributed by atoms with E-state index in [0.29, 0.717) is 11.3 Å². The molecule has 0 aliphatic heterocycles. The van der Waals surface area contributed by atoms with E-state index in [0.717, 1.165) is 5.56 Å². The standard InChI is InChI=1S/C9H8N4O2/c1-5-2-3-10-12-7(5)6-4-11-13-8(6)9(14)15/h2-4H,1H3,(H,11,13)(H,14,15). The molecule has 0 atom stereocenters. The monoisotopic (exact) mass is 204 g/mol. The van der Waals surface area contributed by atoms with E-state index in [-0.39, 0.29) is 5.69 Å². The van der Waals surface area contributed by atoms with E-state index in [9.17, 15) is 4.79 Å². The second-order valence-electron chi connectivity index (χ2n) is 3.03. The third kappa shape index (κ3) is 1.56. The number of aromatic amines is 1. The predicted octanol–water partition coefficient (Wildman–Crippen LogP) is 0.873. The summed E-state index contributed by atoms with van der Waals surface area (Å²) in [4.78, 5) is 10.8. The summed E-state index contributed by atoms with van der Waals surface area (Å²) in [7, 11) is 0. The lowest BCUT2D eigenvalue weighted by atomic mass is 10.1. The van der Waals surface area contributed by atoms with Gasteiger partial charge in [0.1, 0.15) is 0 Å². The fourth-order valence-electron chi connectivity index (χ4n) is 1.29. The zero-order chi connectivity index (χ0) is 10.8. The van der Waals surface area contributed by atoms with E-state index in [2.05, 4.69) is 20.4 Å². The molecule has 0 saturated carbocycles. The molecular weight excluding hydrogens is 196 g/mol. The van der Waals surface area contributed by atoms with Crippen LogP contribution in [-0.2, 0) is 0 Å². The number of nitrogens with one attached hydrogen (secondary N) is 1. The van der Waals surface area contributed by atoms with E-state index in [1.54, 1.807) is 12.3 Å². The van der Waals surface area contributed by atoms with Crippen LogP contribution in [0.2, 0.25) is 0 Å². The number of aromatic carboxylic acids is 1. The Labute approximate surface area is 85.0 Å². The van der Waals surface area contributed by atoms with Crippen LogP contribution >= 0.6 is 0 Å². The Balaban J connectivity index is 2.59. The molecule has 0 spiro atoms. The van der Waals surface area contributed by atoms with Crippen molar-refractivity contribution in [2.75, 3.05) is 0 Å². The SMILES string of the molecule is Cc1ccnnc1-c1cn[nH]c1C(=O)O. The Bertz CT molecular complexity index is 506. The van der Waals surface area contributed by atoms with Crippen molar-refractivity contribution in [3.63, 3.8) is 0 Å². The molecule has 6 heteroatoms. The number of aryl methyl sites for hydroxylation is 1. The first-order valence-electron chi connectivity index (χ1n) is 4.25. The molecule has 2 heterocycles.